The van der Waals surface area contributed by atoms with Crippen LogP contribution >= 0.6 is 0 Å². The lowest BCUT2D eigenvalue weighted by Crippen LogP contribution is -2.37. The van der Waals surface area contributed by atoms with Gasteiger partial charge in [-0.05, 0) is 42.5 Å². The Morgan fingerprint density at radius 1 is 1.04 bits per heavy atom. The Balaban J connectivity index is 2.91. The van der Waals surface area contributed by atoms with Crippen molar-refractivity contribution in [2.75, 3.05) is 18.4 Å². The highest BCUT2D eigenvalue weighted by Gasteiger charge is 2.25. The number of rotatable bonds is 10. The van der Waals surface area contributed by atoms with Gasteiger partial charge in [0.2, 0.25) is 15.9 Å². The highest BCUT2D eigenvalue weighted by Crippen LogP contribution is 2.21. The molecule has 0 aliphatic carbocycles. The third-order valence-corrected chi connectivity index (χ3v) is 5.52. The van der Waals surface area contributed by atoms with E-state index < -0.39 is 10.0 Å². The predicted molar refractivity (Wildman–Crippen MR) is 103 cm³/mol. The molecular formula is C19H32N2O3S. The summed E-state index contributed by atoms with van der Waals surface area (Å²) in [6.45, 7) is 11.1. The number of sulfonamides is 1. The zero-order valence-corrected chi connectivity index (χ0v) is 16.9. The molecule has 0 aromatic heterocycles. The summed E-state index contributed by atoms with van der Waals surface area (Å²) < 4.78 is 27.4. The first kappa shape index (κ1) is 21.6. The Morgan fingerprint density at radius 2 is 1.56 bits per heavy atom. The Bertz CT molecular complexity index is 627. The lowest BCUT2D eigenvalue weighted by Gasteiger charge is -2.25. The number of hydrogen-bond donors (Lipinski definition) is 1. The second kappa shape index (κ2) is 9.92. The fourth-order valence-corrected chi connectivity index (χ4v) is 4.27. The molecule has 1 aromatic carbocycles. The van der Waals surface area contributed by atoms with Gasteiger partial charge in [-0.3, -0.25) is 4.79 Å². The molecular weight excluding hydrogens is 336 g/mol. The van der Waals surface area contributed by atoms with Gasteiger partial charge in [0.25, 0.3) is 0 Å². The minimum Gasteiger partial charge on any atom is -0.326 e. The third kappa shape index (κ3) is 7.16. The molecule has 0 radical (unpaired) electrons. The van der Waals surface area contributed by atoms with Crippen LogP contribution < -0.4 is 5.32 Å². The van der Waals surface area contributed by atoms with Crippen LogP contribution in [0.1, 0.15) is 53.9 Å². The molecule has 0 atom stereocenters. The Labute approximate surface area is 152 Å². The number of anilines is 1. The number of hydrogen-bond acceptors (Lipinski definition) is 3. The van der Waals surface area contributed by atoms with E-state index >= 15 is 0 Å². The van der Waals surface area contributed by atoms with Crippen LogP contribution in [0.15, 0.2) is 29.2 Å². The number of nitrogens with zero attached hydrogens (tertiary/aromatic N) is 1. The smallest absolute Gasteiger partial charge is 0.243 e. The zero-order chi connectivity index (χ0) is 19.0. The maximum absolute atomic E-state index is 12.9. The van der Waals surface area contributed by atoms with Gasteiger partial charge in [0.1, 0.15) is 0 Å². The van der Waals surface area contributed by atoms with Gasteiger partial charge < -0.3 is 5.32 Å². The maximum atomic E-state index is 12.9. The summed E-state index contributed by atoms with van der Waals surface area (Å²) in [7, 11) is -3.53. The topological polar surface area (TPSA) is 66.5 Å². The van der Waals surface area contributed by atoms with Crippen molar-refractivity contribution in [3.8, 4) is 0 Å². The number of unbranched alkanes of at least 4 members (excludes halogenated alkanes) is 1. The van der Waals surface area contributed by atoms with E-state index in [0.29, 0.717) is 25.2 Å². The minimum absolute atomic E-state index is 0.0429. The molecule has 1 amide bonds. The van der Waals surface area contributed by atoms with Crippen molar-refractivity contribution in [3.63, 3.8) is 0 Å². The molecule has 1 N–H and O–H groups in total. The normalized spacial score (nSPS) is 12.2. The van der Waals surface area contributed by atoms with Crippen molar-refractivity contribution < 1.29 is 13.2 Å². The van der Waals surface area contributed by atoms with Gasteiger partial charge in [-0.2, -0.15) is 4.31 Å². The average molecular weight is 369 g/mol. The molecule has 0 unspecified atom stereocenters. The van der Waals surface area contributed by atoms with Gasteiger partial charge in [0, 0.05) is 25.2 Å². The average Bonchev–Trinajstić information content (AvgIpc) is 2.52. The van der Waals surface area contributed by atoms with E-state index in [2.05, 4.69) is 5.32 Å². The molecule has 1 aromatic rings. The van der Waals surface area contributed by atoms with E-state index in [4.69, 9.17) is 0 Å². The molecule has 142 valence electrons. The zero-order valence-electron chi connectivity index (χ0n) is 16.1. The van der Waals surface area contributed by atoms with Crippen LogP contribution in [0.25, 0.3) is 0 Å². The first-order valence-corrected chi connectivity index (χ1v) is 10.5. The molecule has 1 rings (SSSR count). The highest BCUT2D eigenvalue weighted by molar-refractivity contribution is 7.89. The van der Waals surface area contributed by atoms with Gasteiger partial charge in [-0.15, -0.1) is 0 Å². The maximum Gasteiger partial charge on any atom is 0.243 e. The van der Waals surface area contributed by atoms with Crippen LogP contribution in [-0.2, 0) is 14.8 Å². The molecule has 0 bridgehead atoms. The molecule has 25 heavy (non-hydrogen) atoms. The van der Waals surface area contributed by atoms with E-state index in [-0.39, 0.29) is 22.6 Å². The van der Waals surface area contributed by atoms with Crippen LogP contribution in [0.5, 0.6) is 0 Å². The van der Waals surface area contributed by atoms with Crippen molar-refractivity contribution >= 4 is 21.6 Å². The first-order chi connectivity index (χ1) is 11.7. The Morgan fingerprint density at radius 3 is 2.00 bits per heavy atom. The molecule has 5 nitrogen and oxygen atoms in total. The van der Waals surface area contributed by atoms with E-state index in [0.717, 1.165) is 12.8 Å². The van der Waals surface area contributed by atoms with Crippen LogP contribution in [0.4, 0.5) is 5.69 Å². The molecule has 0 saturated carbocycles. The van der Waals surface area contributed by atoms with Crippen molar-refractivity contribution in [1.82, 2.24) is 4.31 Å². The molecule has 0 aliphatic heterocycles. The van der Waals surface area contributed by atoms with Crippen molar-refractivity contribution in [2.24, 2.45) is 11.8 Å². The van der Waals surface area contributed by atoms with E-state index in [1.807, 2.05) is 34.6 Å². The van der Waals surface area contributed by atoms with Gasteiger partial charge in [-0.25, -0.2) is 8.42 Å². The lowest BCUT2D eigenvalue weighted by molar-refractivity contribution is -0.116. The Hall–Kier alpha value is -1.40. The first-order valence-electron chi connectivity index (χ1n) is 9.06. The molecule has 0 spiro atoms. The highest BCUT2D eigenvalue weighted by atomic mass is 32.2. The molecule has 0 heterocycles. The van der Waals surface area contributed by atoms with Crippen molar-refractivity contribution in [1.29, 1.82) is 0 Å². The van der Waals surface area contributed by atoms with Crippen LogP contribution in [-0.4, -0.2) is 31.7 Å². The summed E-state index contributed by atoms with van der Waals surface area (Å²) >= 11 is 0. The summed E-state index contributed by atoms with van der Waals surface area (Å²) in [6, 6.07) is 6.44. The second-order valence-electron chi connectivity index (χ2n) is 7.29. The molecule has 6 heteroatoms. The summed E-state index contributed by atoms with van der Waals surface area (Å²) in [4.78, 5) is 12.0. The quantitative estimate of drug-likeness (QED) is 0.675. The van der Waals surface area contributed by atoms with Crippen molar-refractivity contribution in [2.45, 2.75) is 58.8 Å². The second-order valence-corrected chi connectivity index (χ2v) is 9.22. The van der Waals surface area contributed by atoms with E-state index in [1.54, 1.807) is 28.6 Å². The monoisotopic (exact) mass is 368 g/mol. The fourth-order valence-electron chi connectivity index (χ4n) is 2.51. The SMILES string of the molecule is CCCCC(=O)Nc1ccc(S(=O)(=O)N(CC(C)C)CC(C)C)cc1. The summed E-state index contributed by atoms with van der Waals surface area (Å²) in [6.07, 6.45) is 2.29. The van der Waals surface area contributed by atoms with E-state index in [9.17, 15) is 13.2 Å². The van der Waals surface area contributed by atoms with E-state index in [1.165, 1.54) is 0 Å². The lowest BCUT2D eigenvalue weighted by atomic mass is 10.2. The third-order valence-electron chi connectivity index (χ3n) is 3.67. The summed E-state index contributed by atoms with van der Waals surface area (Å²) in [5.74, 6) is 0.468. The van der Waals surface area contributed by atoms with Crippen LogP contribution in [0.3, 0.4) is 0 Å². The standard InChI is InChI=1S/C19H32N2O3S/c1-6-7-8-19(22)20-17-9-11-18(12-10-17)25(23,24)21(13-15(2)3)14-16(4)5/h9-12,15-16H,6-8,13-14H2,1-5H3,(H,20,22). The largest absolute Gasteiger partial charge is 0.326 e. The molecule has 0 fully saturated rings. The minimum atomic E-state index is -3.53. The predicted octanol–water partition coefficient (Wildman–Crippen LogP) is 4.12. The fraction of sp³-hybridized carbons (Fsp3) is 0.632. The number of benzene rings is 1. The summed E-state index contributed by atoms with van der Waals surface area (Å²) in [5.41, 5.74) is 0.624. The van der Waals surface area contributed by atoms with Gasteiger partial charge in [0.05, 0.1) is 4.90 Å². The number of carbonyl (C=O) groups is 1. The Kier molecular flexibility index (Phi) is 8.59. The van der Waals surface area contributed by atoms with Gasteiger partial charge >= 0.3 is 0 Å². The van der Waals surface area contributed by atoms with Crippen LogP contribution in [0.2, 0.25) is 0 Å². The summed E-state index contributed by atoms with van der Waals surface area (Å²) in [5, 5.41) is 2.80. The van der Waals surface area contributed by atoms with Crippen molar-refractivity contribution in [3.05, 3.63) is 24.3 Å². The molecule has 0 saturated heterocycles. The van der Waals surface area contributed by atoms with Gasteiger partial charge in [0.15, 0.2) is 0 Å². The number of nitrogens with one attached hydrogen (secondary N) is 1. The number of amides is 1. The number of carbonyl (C=O) groups excluding carboxylic acids is 1. The molecule has 0 aliphatic rings. The van der Waals surface area contributed by atoms with Crippen LogP contribution in [0, 0.1) is 11.8 Å². The van der Waals surface area contributed by atoms with Gasteiger partial charge in [-0.1, -0.05) is 41.0 Å².